The third-order valence-corrected chi connectivity index (χ3v) is 4.24. The Morgan fingerprint density at radius 2 is 1.83 bits per heavy atom. The molecule has 0 unspecified atom stereocenters. The number of amides is 1. The zero-order valence-corrected chi connectivity index (χ0v) is 13.1. The van der Waals surface area contributed by atoms with E-state index in [-0.39, 0.29) is 11.4 Å². The van der Waals surface area contributed by atoms with Gasteiger partial charge in [0, 0.05) is 17.8 Å². The first-order valence-corrected chi connectivity index (χ1v) is 8.19. The number of anilines is 1. The van der Waals surface area contributed by atoms with E-state index in [0.29, 0.717) is 17.5 Å². The van der Waals surface area contributed by atoms with Crippen LogP contribution in [0, 0.1) is 0 Å². The highest BCUT2D eigenvalue weighted by molar-refractivity contribution is 7.89. The third-order valence-electron chi connectivity index (χ3n) is 2.83. The lowest BCUT2D eigenvalue weighted by Crippen LogP contribution is -2.23. The molecule has 0 radical (unpaired) electrons. The van der Waals surface area contributed by atoms with E-state index in [1.807, 2.05) is 0 Å². The van der Waals surface area contributed by atoms with Crippen LogP contribution in [0.4, 0.5) is 5.69 Å². The molecule has 0 aliphatic carbocycles. The fourth-order valence-corrected chi connectivity index (χ4v) is 2.70. The molecule has 0 aliphatic rings. The number of rotatable bonds is 7. The van der Waals surface area contributed by atoms with Gasteiger partial charge in [0.25, 0.3) is 0 Å². The minimum absolute atomic E-state index is 0.0214. The van der Waals surface area contributed by atoms with E-state index >= 15 is 0 Å². The van der Waals surface area contributed by atoms with Crippen LogP contribution in [0.15, 0.2) is 64.1 Å². The van der Waals surface area contributed by atoms with Crippen LogP contribution in [-0.2, 0) is 26.2 Å². The second-order valence-corrected chi connectivity index (χ2v) is 6.36. The van der Waals surface area contributed by atoms with E-state index in [2.05, 4.69) is 10.0 Å². The fourth-order valence-electron chi connectivity index (χ4n) is 1.71. The number of benzene rings is 1. The van der Waals surface area contributed by atoms with E-state index in [9.17, 15) is 18.0 Å². The van der Waals surface area contributed by atoms with Gasteiger partial charge in [-0.2, -0.15) is 0 Å². The molecule has 0 aliphatic heterocycles. The van der Waals surface area contributed by atoms with Crippen molar-refractivity contribution in [2.75, 3.05) is 5.32 Å². The standard InChI is InChI=1S/C15H14N2O6S/c18-14(7-8-15(19)20)17-11-3-5-13(6-4-11)24(21,22)16-10-12-2-1-9-23-12/h1-9,16H,10H2,(H,17,18)(H,19,20)/b8-7+. The first kappa shape index (κ1) is 17.4. The van der Waals surface area contributed by atoms with Gasteiger partial charge in [0.2, 0.25) is 15.9 Å². The molecular weight excluding hydrogens is 336 g/mol. The molecule has 0 atom stereocenters. The molecule has 2 aromatic rings. The monoisotopic (exact) mass is 350 g/mol. The Morgan fingerprint density at radius 1 is 1.12 bits per heavy atom. The lowest BCUT2D eigenvalue weighted by atomic mass is 10.3. The van der Waals surface area contributed by atoms with Crippen LogP contribution in [0.5, 0.6) is 0 Å². The number of carboxylic acids is 1. The van der Waals surface area contributed by atoms with Gasteiger partial charge in [-0.3, -0.25) is 4.79 Å². The van der Waals surface area contributed by atoms with Gasteiger partial charge in [0.15, 0.2) is 0 Å². The van der Waals surface area contributed by atoms with Gasteiger partial charge < -0.3 is 14.8 Å². The summed E-state index contributed by atoms with van der Waals surface area (Å²) in [4.78, 5) is 21.8. The number of carboxylic acid groups (broad SMARTS) is 1. The molecule has 24 heavy (non-hydrogen) atoms. The highest BCUT2D eigenvalue weighted by Crippen LogP contribution is 2.14. The van der Waals surface area contributed by atoms with Crippen molar-refractivity contribution in [2.24, 2.45) is 0 Å². The topological polar surface area (TPSA) is 126 Å². The smallest absolute Gasteiger partial charge is 0.328 e. The van der Waals surface area contributed by atoms with Crippen molar-refractivity contribution in [3.8, 4) is 0 Å². The van der Waals surface area contributed by atoms with Crippen molar-refractivity contribution in [1.29, 1.82) is 0 Å². The quantitative estimate of drug-likeness (QED) is 0.647. The van der Waals surface area contributed by atoms with E-state index in [4.69, 9.17) is 9.52 Å². The molecule has 0 bridgehead atoms. The summed E-state index contributed by atoms with van der Waals surface area (Å²) in [5, 5.41) is 10.8. The molecule has 8 nitrogen and oxygen atoms in total. The maximum Gasteiger partial charge on any atom is 0.328 e. The summed E-state index contributed by atoms with van der Waals surface area (Å²) in [5.74, 6) is -1.40. The number of nitrogens with one attached hydrogen (secondary N) is 2. The highest BCUT2D eigenvalue weighted by atomic mass is 32.2. The van der Waals surface area contributed by atoms with Gasteiger partial charge in [0.05, 0.1) is 17.7 Å². The molecule has 9 heteroatoms. The molecule has 1 aromatic heterocycles. The zero-order chi connectivity index (χ0) is 17.6. The number of hydrogen-bond acceptors (Lipinski definition) is 5. The summed E-state index contributed by atoms with van der Waals surface area (Å²) in [5.41, 5.74) is 0.333. The average molecular weight is 350 g/mol. The molecule has 0 fully saturated rings. The van der Waals surface area contributed by atoms with E-state index < -0.39 is 21.9 Å². The highest BCUT2D eigenvalue weighted by Gasteiger charge is 2.14. The molecule has 3 N–H and O–H groups in total. The normalized spacial score (nSPS) is 11.5. The Bertz CT molecular complexity index is 839. The molecule has 0 saturated carbocycles. The van der Waals surface area contributed by atoms with Crippen molar-refractivity contribution >= 4 is 27.6 Å². The summed E-state index contributed by atoms with van der Waals surface area (Å²) < 4.78 is 31.7. The third kappa shape index (κ3) is 5.07. The Kier molecular flexibility index (Phi) is 5.51. The molecule has 0 spiro atoms. The lowest BCUT2D eigenvalue weighted by molar-refractivity contribution is -0.131. The zero-order valence-electron chi connectivity index (χ0n) is 12.3. The van der Waals surface area contributed by atoms with Crippen LogP contribution in [0.25, 0.3) is 0 Å². The van der Waals surface area contributed by atoms with Crippen molar-refractivity contribution in [1.82, 2.24) is 4.72 Å². The van der Waals surface area contributed by atoms with E-state index in [1.54, 1.807) is 12.1 Å². The first-order chi connectivity index (χ1) is 11.4. The Morgan fingerprint density at radius 3 is 2.42 bits per heavy atom. The number of furan rings is 1. The minimum atomic E-state index is -3.72. The summed E-state index contributed by atoms with van der Waals surface area (Å²) in [6, 6.07) is 8.73. The van der Waals surface area contributed by atoms with Gasteiger partial charge in [0.1, 0.15) is 5.76 Å². The van der Waals surface area contributed by atoms with Crippen LogP contribution in [-0.4, -0.2) is 25.4 Å². The maximum atomic E-state index is 12.1. The number of carbonyl (C=O) groups is 2. The van der Waals surface area contributed by atoms with Crippen molar-refractivity contribution in [3.05, 3.63) is 60.6 Å². The molecule has 126 valence electrons. The maximum absolute atomic E-state index is 12.1. The summed E-state index contributed by atoms with van der Waals surface area (Å²) in [7, 11) is -3.72. The van der Waals surface area contributed by atoms with Gasteiger partial charge >= 0.3 is 5.97 Å². The molecule has 1 amide bonds. The van der Waals surface area contributed by atoms with Gasteiger partial charge in [-0.15, -0.1) is 0 Å². The van der Waals surface area contributed by atoms with Crippen LogP contribution >= 0.6 is 0 Å². The van der Waals surface area contributed by atoms with E-state index in [1.165, 1.54) is 30.5 Å². The van der Waals surface area contributed by atoms with Crippen LogP contribution in [0.3, 0.4) is 0 Å². The summed E-state index contributed by atoms with van der Waals surface area (Å²) in [6.45, 7) is 0.0216. The number of carbonyl (C=O) groups excluding carboxylic acids is 1. The van der Waals surface area contributed by atoms with Crippen molar-refractivity contribution in [2.45, 2.75) is 11.4 Å². The Labute approximate surface area is 137 Å². The SMILES string of the molecule is O=C(O)/C=C/C(=O)Nc1ccc(S(=O)(=O)NCc2ccco2)cc1. The molecule has 1 heterocycles. The molecule has 1 aromatic carbocycles. The molecule has 0 saturated heterocycles. The van der Waals surface area contributed by atoms with E-state index in [0.717, 1.165) is 6.08 Å². The van der Waals surface area contributed by atoms with Crippen molar-refractivity contribution < 1.29 is 27.5 Å². The number of hydrogen-bond donors (Lipinski definition) is 3. The second-order valence-electron chi connectivity index (χ2n) is 4.59. The predicted octanol–water partition coefficient (Wildman–Crippen LogP) is 1.34. The summed E-state index contributed by atoms with van der Waals surface area (Å²) >= 11 is 0. The van der Waals surface area contributed by atoms with Crippen LogP contribution in [0.2, 0.25) is 0 Å². The Balaban J connectivity index is 2.00. The average Bonchev–Trinajstić information content (AvgIpc) is 3.05. The minimum Gasteiger partial charge on any atom is -0.478 e. The fraction of sp³-hybridized carbons (Fsp3) is 0.0667. The van der Waals surface area contributed by atoms with Crippen molar-refractivity contribution in [3.63, 3.8) is 0 Å². The second kappa shape index (κ2) is 7.57. The van der Waals surface area contributed by atoms with Crippen LogP contribution < -0.4 is 10.0 Å². The number of aliphatic carboxylic acids is 1. The van der Waals surface area contributed by atoms with Gasteiger partial charge in [-0.05, 0) is 36.4 Å². The van der Waals surface area contributed by atoms with Gasteiger partial charge in [-0.1, -0.05) is 0 Å². The lowest BCUT2D eigenvalue weighted by Gasteiger charge is -2.07. The number of sulfonamides is 1. The summed E-state index contributed by atoms with van der Waals surface area (Å²) in [6.07, 6.45) is 3.00. The molecule has 2 rings (SSSR count). The predicted molar refractivity (Wildman–Crippen MR) is 84.6 cm³/mol. The largest absolute Gasteiger partial charge is 0.478 e. The first-order valence-electron chi connectivity index (χ1n) is 6.71. The Hall–Kier alpha value is -2.91. The molecular formula is C15H14N2O6S. The van der Waals surface area contributed by atoms with Crippen LogP contribution in [0.1, 0.15) is 5.76 Å². The van der Waals surface area contributed by atoms with Gasteiger partial charge in [-0.25, -0.2) is 17.9 Å².